The first kappa shape index (κ1) is 25.8. The van der Waals surface area contributed by atoms with Gasteiger partial charge in [0.1, 0.15) is 35.3 Å². The number of nitrogens with zero attached hydrogens (tertiary/aromatic N) is 4. The zero-order valence-corrected chi connectivity index (χ0v) is 18.3. The van der Waals surface area contributed by atoms with Crippen molar-refractivity contribution < 1.29 is 36.6 Å². The summed E-state index contributed by atoms with van der Waals surface area (Å²) in [6.45, 7) is -3.86. The van der Waals surface area contributed by atoms with Gasteiger partial charge in [-0.2, -0.15) is 23.7 Å². The van der Waals surface area contributed by atoms with E-state index < -0.39 is 48.4 Å². The molecule has 2 atom stereocenters. The first-order chi connectivity index (χ1) is 16.4. The molecule has 35 heavy (non-hydrogen) atoms. The highest BCUT2D eigenvalue weighted by Gasteiger charge is 2.40. The number of hydrogen-bond donors (Lipinski definition) is 2. The van der Waals surface area contributed by atoms with Gasteiger partial charge < -0.3 is 15.2 Å². The highest BCUT2D eigenvalue weighted by Crippen LogP contribution is 2.23. The van der Waals surface area contributed by atoms with Crippen LogP contribution in [0.4, 0.5) is 22.0 Å². The molecule has 2 aromatic heterocycles. The van der Waals surface area contributed by atoms with Gasteiger partial charge in [-0.05, 0) is 37.3 Å². The van der Waals surface area contributed by atoms with Gasteiger partial charge in [-0.3, -0.25) is 14.3 Å². The number of halogens is 5. The molecule has 2 heterocycles. The van der Waals surface area contributed by atoms with Gasteiger partial charge >= 0.3 is 6.61 Å². The molecule has 0 aliphatic rings. The fraction of sp³-hybridized carbons (Fsp3) is 0.333. The first-order valence-corrected chi connectivity index (χ1v) is 9.99. The summed E-state index contributed by atoms with van der Waals surface area (Å²) in [6, 6.07) is 3.74. The smallest absolute Gasteiger partial charge is 0.387 e. The van der Waals surface area contributed by atoms with Crippen LogP contribution >= 0.6 is 0 Å². The van der Waals surface area contributed by atoms with Crippen LogP contribution in [0.3, 0.4) is 0 Å². The van der Waals surface area contributed by atoms with Gasteiger partial charge in [0.15, 0.2) is 0 Å². The molecule has 1 amide bonds. The molecular weight excluding hydrogens is 481 g/mol. The van der Waals surface area contributed by atoms with E-state index in [1.165, 1.54) is 41.3 Å². The Morgan fingerprint density at radius 3 is 2.40 bits per heavy atom. The Morgan fingerprint density at radius 1 is 1.23 bits per heavy atom. The van der Waals surface area contributed by atoms with E-state index in [0.717, 1.165) is 17.7 Å². The number of carbonyl (C=O) groups excluding carboxylic acids is 1. The standard InChI is InChI=1S/C21H20F5N5O4/c1-21(34,10-22)16(17(23)24)28-18(32)14-7-15(11-3-5-13(6-4-11)35-20(25)26)29-31(19(14)33)12-8-27-30(2)9-12/h3-9,16-17,20,34H,10H2,1-2H3,(H,28,32). The van der Waals surface area contributed by atoms with Crippen LogP contribution in [0.15, 0.2) is 47.5 Å². The average molecular weight is 501 g/mol. The molecule has 0 spiro atoms. The molecule has 9 nitrogen and oxygen atoms in total. The molecule has 0 radical (unpaired) electrons. The largest absolute Gasteiger partial charge is 0.435 e. The summed E-state index contributed by atoms with van der Waals surface area (Å²) in [6.07, 6.45) is -0.696. The fourth-order valence-corrected chi connectivity index (χ4v) is 3.09. The lowest BCUT2D eigenvalue weighted by molar-refractivity contribution is -0.0568. The minimum absolute atomic E-state index is 0.00644. The van der Waals surface area contributed by atoms with Gasteiger partial charge in [-0.25, -0.2) is 13.2 Å². The third kappa shape index (κ3) is 5.82. The monoisotopic (exact) mass is 501 g/mol. The molecule has 1 aromatic carbocycles. The molecule has 0 fully saturated rings. The Kier molecular flexibility index (Phi) is 7.53. The molecule has 188 valence electrons. The summed E-state index contributed by atoms with van der Waals surface area (Å²) >= 11 is 0. The zero-order chi connectivity index (χ0) is 25.9. The van der Waals surface area contributed by atoms with Crippen LogP contribution in [-0.2, 0) is 7.05 Å². The second-order valence-electron chi connectivity index (χ2n) is 7.71. The molecule has 0 aliphatic carbocycles. The quantitative estimate of drug-likeness (QED) is 0.436. The van der Waals surface area contributed by atoms with Crippen LogP contribution in [-0.4, -0.2) is 61.9 Å². The number of hydrogen-bond acceptors (Lipinski definition) is 6. The summed E-state index contributed by atoms with van der Waals surface area (Å²) in [7, 11) is 1.56. The number of amides is 1. The molecule has 3 rings (SSSR count). The molecule has 0 bridgehead atoms. The van der Waals surface area contributed by atoms with Gasteiger partial charge in [-0.1, -0.05) is 0 Å². The summed E-state index contributed by atoms with van der Waals surface area (Å²) in [5.41, 5.74) is -3.88. The Labute approximate surface area is 194 Å². The number of benzene rings is 1. The van der Waals surface area contributed by atoms with Crippen LogP contribution in [0.1, 0.15) is 17.3 Å². The minimum Gasteiger partial charge on any atom is -0.435 e. The van der Waals surface area contributed by atoms with Crippen molar-refractivity contribution in [1.82, 2.24) is 24.9 Å². The molecule has 2 unspecified atom stereocenters. The summed E-state index contributed by atoms with van der Waals surface area (Å²) in [5.74, 6) is -1.47. The first-order valence-electron chi connectivity index (χ1n) is 9.99. The normalized spacial score (nSPS) is 14.1. The maximum Gasteiger partial charge on any atom is 0.387 e. The molecule has 14 heteroatoms. The van der Waals surface area contributed by atoms with Crippen molar-refractivity contribution >= 4 is 5.91 Å². The molecule has 0 saturated carbocycles. The highest BCUT2D eigenvalue weighted by molar-refractivity contribution is 5.95. The third-order valence-corrected chi connectivity index (χ3v) is 4.95. The van der Waals surface area contributed by atoms with Crippen molar-refractivity contribution in [3.8, 4) is 22.7 Å². The van der Waals surface area contributed by atoms with E-state index in [4.69, 9.17) is 0 Å². The van der Waals surface area contributed by atoms with Crippen LogP contribution in [0.5, 0.6) is 5.75 Å². The van der Waals surface area contributed by atoms with E-state index in [1.807, 2.05) is 5.32 Å². The second kappa shape index (κ2) is 10.2. The van der Waals surface area contributed by atoms with E-state index >= 15 is 0 Å². The van der Waals surface area contributed by atoms with Gasteiger partial charge in [0.05, 0.1) is 18.1 Å². The maximum absolute atomic E-state index is 13.5. The van der Waals surface area contributed by atoms with Crippen molar-refractivity contribution in [3.05, 3.63) is 58.6 Å². The third-order valence-electron chi connectivity index (χ3n) is 4.95. The summed E-state index contributed by atoms with van der Waals surface area (Å²) in [5, 5.41) is 19.8. The van der Waals surface area contributed by atoms with Crippen molar-refractivity contribution in [2.45, 2.75) is 31.6 Å². The summed E-state index contributed by atoms with van der Waals surface area (Å²) in [4.78, 5) is 25.9. The van der Waals surface area contributed by atoms with Crippen molar-refractivity contribution in [3.63, 3.8) is 0 Å². The van der Waals surface area contributed by atoms with E-state index in [0.29, 0.717) is 0 Å². The van der Waals surface area contributed by atoms with Crippen LogP contribution in [0.2, 0.25) is 0 Å². The number of nitrogens with one attached hydrogen (secondary N) is 1. The van der Waals surface area contributed by atoms with Gasteiger partial charge in [0.25, 0.3) is 17.9 Å². The average Bonchev–Trinajstić information content (AvgIpc) is 3.23. The number of aryl methyl sites for hydroxylation is 1. The van der Waals surface area contributed by atoms with Crippen LogP contribution in [0.25, 0.3) is 16.9 Å². The second-order valence-corrected chi connectivity index (χ2v) is 7.71. The Bertz CT molecular complexity index is 1240. The van der Waals surface area contributed by atoms with E-state index in [-0.39, 0.29) is 22.7 Å². The molecule has 3 aromatic rings. The van der Waals surface area contributed by atoms with Crippen molar-refractivity contribution in [2.24, 2.45) is 7.05 Å². The molecule has 0 aliphatic heterocycles. The summed E-state index contributed by atoms with van der Waals surface area (Å²) < 4.78 is 71.3. The van der Waals surface area contributed by atoms with Gasteiger partial charge in [-0.15, -0.1) is 0 Å². The van der Waals surface area contributed by atoms with E-state index in [9.17, 15) is 36.6 Å². The van der Waals surface area contributed by atoms with Crippen LogP contribution < -0.4 is 15.6 Å². The lowest BCUT2D eigenvalue weighted by atomic mass is 9.98. The molecular formula is C21H20F5N5O4. The molecule has 0 saturated heterocycles. The van der Waals surface area contributed by atoms with E-state index in [1.54, 1.807) is 7.05 Å². The number of ether oxygens (including phenoxy) is 1. The fourth-order valence-electron chi connectivity index (χ4n) is 3.09. The Hall–Kier alpha value is -3.81. The topological polar surface area (TPSA) is 111 Å². The Balaban J connectivity index is 2.10. The highest BCUT2D eigenvalue weighted by atomic mass is 19.3. The minimum atomic E-state index is -3.35. The Morgan fingerprint density at radius 2 is 1.89 bits per heavy atom. The lowest BCUT2D eigenvalue weighted by Gasteiger charge is -2.30. The lowest BCUT2D eigenvalue weighted by Crippen LogP contribution is -2.57. The SMILES string of the molecule is Cn1cc(-n2nc(-c3ccc(OC(F)F)cc3)cc(C(=O)NC(C(F)F)C(C)(O)CF)c2=O)cn1. The van der Waals surface area contributed by atoms with Gasteiger partial charge in [0, 0.05) is 12.6 Å². The predicted octanol–water partition coefficient (Wildman–Crippen LogP) is 2.32. The number of alkyl halides is 5. The maximum atomic E-state index is 13.5. The molecule has 2 N–H and O–H groups in total. The number of aromatic nitrogens is 4. The van der Waals surface area contributed by atoms with Crippen molar-refractivity contribution in [2.75, 3.05) is 6.67 Å². The number of aliphatic hydroxyl groups is 1. The number of carbonyl (C=O) groups is 1. The van der Waals surface area contributed by atoms with Crippen molar-refractivity contribution in [1.29, 1.82) is 0 Å². The number of rotatable bonds is 9. The van der Waals surface area contributed by atoms with Gasteiger partial charge in [0.2, 0.25) is 0 Å². The zero-order valence-electron chi connectivity index (χ0n) is 18.3. The van der Waals surface area contributed by atoms with Crippen LogP contribution in [0, 0.1) is 0 Å². The predicted molar refractivity (Wildman–Crippen MR) is 113 cm³/mol. The van der Waals surface area contributed by atoms with E-state index in [2.05, 4.69) is 14.9 Å².